The normalized spacial score (nSPS) is 12.4. The van der Waals surface area contributed by atoms with E-state index in [1.54, 1.807) is 0 Å². The van der Waals surface area contributed by atoms with E-state index in [1.807, 2.05) is 65.8 Å². The standard InChI is InChI=1S/C20H30O3.C16H23NO/c1-12(21)15(13(2)22)9-14-10-16(19(3,4)5)18(23)17(11-14)20(6,7)8;1-8-17-11-9-12(15(2,3)4)14(18)13(10-11)16(5,6)7/h10-11,15,23H,9H2,1-8H3;9-10,18H,1H2,2-7H3. The number of Topliss-reactive ketones (excluding diaryl/α,β-unsaturated/α-hetero) is 2. The zero-order valence-corrected chi connectivity index (χ0v) is 28.0. The molecule has 2 N–H and O–H groups in total. The smallest absolute Gasteiger partial charge is 0.140 e. The molecule has 2 rings (SSSR count). The Hall–Kier alpha value is -3.17. The largest absolute Gasteiger partial charge is 0.507 e. The van der Waals surface area contributed by atoms with E-state index >= 15 is 0 Å². The molecule has 0 atom stereocenters. The van der Waals surface area contributed by atoms with Gasteiger partial charge in [-0.2, -0.15) is 0 Å². The maximum absolute atomic E-state index is 11.8. The molecule has 0 fully saturated rings. The number of hydrogen-bond acceptors (Lipinski definition) is 5. The van der Waals surface area contributed by atoms with Crippen LogP contribution in [0.3, 0.4) is 0 Å². The maximum Gasteiger partial charge on any atom is 0.140 e. The Morgan fingerprint density at radius 1 is 0.683 bits per heavy atom. The highest BCUT2D eigenvalue weighted by molar-refractivity contribution is 6.00. The zero-order chi connectivity index (χ0) is 32.3. The average Bonchev–Trinajstić information content (AvgIpc) is 2.76. The molecule has 0 spiro atoms. The van der Waals surface area contributed by atoms with Crippen molar-refractivity contribution in [1.82, 2.24) is 0 Å². The molecule has 0 unspecified atom stereocenters. The third-order valence-corrected chi connectivity index (χ3v) is 7.13. The number of carbonyl (C=O) groups is 2. The monoisotopic (exact) mass is 563 g/mol. The third-order valence-electron chi connectivity index (χ3n) is 7.13. The summed E-state index contributed by atoms with van der Waals surface area (Å²) in [5.41, 5.74) is 4.53. The van der Waals surface area contributed by atoms with Crippen molar-refractivity contribution >= 4 is 23.1 Å². The fourth-order valence-corrected chi connectivity index (χ4v) is 4.68. The van der Waals surface area contributed by atoms with E-state index in [0.717, 1.165) is 33.5 Å². The highest BCUT2D eigenvalue weighted by Crippen LogP contribution is 2.42. The number of carbonyl (C=O) groups excluding carboxylic acids is 2. The van der Waals surface area contributed by atoms with Crippen LogP contribution in [0.2, 0.25) is 0 Å². The van der Waals surface area contributed by atoms with Gasteiger partial charge in [0.2, 0.25) is 0 Å². The number of rotatable bonds is 5. The minimum absolute atomic E-state index is 0.111. The summed E-state index contributed by atoms with van der Waals surface area (Å²) in [6.45, 7) is 31.2. The number of phenols is 2. The molecule has 0 bridgehead atoms. The molecule has 41 heavy (non-hydrogen) atoms. The summed E-state index contributed by atoms with van der Waals surface area (Å²) in [6.07, 6.45) is 0.386. The molecule has 2 aromatic carbocycles. The van der Waals surface area contributed by atoms with Crippen molar-refractivity contribution in [2.75, 3.05) is 0 Å². The number of ketones is 2. The van der Waals surface area contributed by atoms with E-state index in [0.29, 0.717) is 17.9 Å². The van der Waals surface area contributed by atoms with E-state index in [4.69, 9.17) is 0 Å². The molecule has 0 aliphatic rings. The number of aliphatic imine (C=N–C) groups is 1. The van der Waals surface area contributed by atoms with Crippen LogP contribution >= 0.6 is 0 Å². The number of phenolic OH excluding ortho intramolecular Hbond substituents is 2. The first kappa shape index (κ1) is 35.9. The second kappa shape index (κ2) is 12.8. The van der Waals surface area contributed by atoms with Gasteiger partial charge in [0, 0.05) is 11.1 Å². The van der Waals surface area contributed by atoms with Crippen LogP contribution in [0.5, 0.6) is 11.5 Å². The second-order valence-electron chi connectivity index (χ2n) is 15.2. The van der Waals surface area contributed by atoms with Gasteiger partial charge in [-0.05, 0) is 83.2 Å². The van der Waals surface area contributed by atoms with Gasteiger partial charge in [-0.15, -0.1) is 0 Å². The first-order chi connectivity index (χ1) is 18.3. The molecule has 0 aliphatic heterocycles. The van der Waals surface area contributed by atoms with Gasteiger partial charge in [0.05, 0.1) is 11.6 Å². The van der Waals surface area contributed by atoms with Crippen molar-refractivity contribution in [3.63, 3.8) is 0 Å². The Kier molecular flexibility index (Phi) is 11.2. The number of aromatic hydroxyl groups is 2. The van der Waals surface area contributed by atoms with Gasteiger partial charge in [0.15, 0.2) is 0 Å². The molecule has 0 aromatic heterocycles. The molecule has 0 aliphatic carbocycles. The van der Waals surface area contributed by atoms with Gasteiger partial charge in [0.25, 0.3) is 0 Å². The van der Waals surface area contributed by atoms with Crippen molar-refractivity contribution in [2.45, 2.75) is 125 Å². The van der Waals surface area contributed by atoms with Crippen molar-refractivity contribution < 1.29 is 19.8 Å². The molecule has 0 radical (unpaired) electrons. The van der Waals surface area contributed by atoms with Crippen LogP contribution in [0.1, 0.15) is 125 Å². The molecular weight excluding hydrogens is 510 g/mol. The van der Waals surface area contributed by atoms with E-state index in [2.05, 4.69) is 59.0 Å². The number of nitrogens with zero attached hydrogens (tertiary/aromatic N) is 1. The Balaban J connectivity index is 0.000000422. The quantitative estimate of drug-likeness (QED) is 0.281. The summed E-state index contributed by atoms with van der Waals surface area (Å²) in [6, 6.07) is 7.68. The van der Waals surface area contributed by atoms with E-state index < -0.39 is 5.92 Å². The average molecular weight is 564 g/mol. The summed E-state index contributed by atoms with van der Waals surface area (Å²) < 4.78 is 0. The molecule has 5 heteroatoms. The molecule has 0 heterocycles. The fourth-order valence-electron chi connectivity index (χ4n) is 4.68. The maximum atomic E-state index is 11.8. The molecule has 226 valence electrons. The SMILES string of the molecule is C=C=Nc1cc(C(C)(C)C)c(O)c(C(C)(C)C)c1.CC(=O)C(Cc1cc(C(C)(C)C)c(O)c(C(C)(C)C)c1)C(C)=O. The molecule has 0 saturated carbocycles. The van der Waals surface area contributed by atoms with E-state index in [-0.39, 0.29) is 33.2 Å². The number of benzene rings is 2. The lowest BCUT2D eigenvalue weighted by molar-refractivity contribution is -0.130. The second-order valence-corrected chi connectivity index (χ2v) is 15.2. The van der Waals surface area contributed by atoms with Crippen LogP contribution in [-0.4, -0.2) is 27.6 Å². The van der Waals surface area contributed by atoms with Crippen molar-refractivity contribution in [3.8, 4) is 11.5 Å². The van der Waals surface area contributed by atoms with Crippen LogP contribution in [0, 0.1) is 5.92 Å². The Morgan fingerprint density at radius 3 is 1.22 bits per heavy atom. The van der Waals surface area contributed by atoms with Gasteiger partial charge < -0.3 is 10.2 Å². The van der Waals surface area contributed by atoms with E-state index in [9.17, 15) is 19.8 Å². The van der Waals surface area contributed by atoms with Gasteiger partial charge in [-0.3, -0.25) is 9.59 Å². The van der Waals surface area contributed by atoms with Crippen molar-refractivity contribution in [1.29, 1.82) is 0 Å². The van der Waals surface area contributed by atoms with Gasteiger partial charge >= 0.3 is 0 Å². The predicted molar refractivity (Wildman–Crippen MR) is 172 cm³/mol. The first-order valence-electron chi connectivity index (χ1n) is 14.3. The highest BCUT2D eigenvalue weighted by Gasteiger charge is 2.29. The van der Waals surface area contributed by atoms with Gasteiger partial charge in [-0.25, -0.2) is 4.99 Å². The zero-order valence-electron chi connectivity index (χ0n) is 28.0. The summed E-state index contributed by atoms with van der Waals surface area (Å²) in [5.74, 6) is 2.41. The van der Waals surface area contributed by atoms with Crippen LogP contribution in [0.25, 0.3) is 0 Å². The molecule has 5 nitrogen and oxygen atoms in total. The molecule has 2 aromatic rings. The first-order valence-corrected chi connectivity index (χ1v) is 14.3. The van der Waals surface area contributed by atoms with Gasteiger partial charge in [0.1, 0.15) is 23.1 Å². The third kappa shape index (κ3) is 9.71. The minimum Gasteiger partial charge on any atom is -0.507 e. The highest BCUT2D eigenvalue weighted by atomic mass is 16.3. The van der Waals surface area contributed by atoms with Crippen molar-refractivity contribution in [3.05, 3.63) is 58.7 Å². The molecule has 0 saturated heterocycles. The predicted octanol–water partition coefficient (Wildman–Crippen LogP) is 8.80. The Morgan fingerprint density at radius 2 is 0.976 bits per heavy atom. The Bertz CT molecular complexity index is 1230. The lowest BCUT2D eigenvalue weighted by Gasteiger charge is -2.28. The summed E-state index contributed by atoms with van der Waals surface area (Å²) in [4.78, 5) is 27.6. The minimum atomic E-state index is -0.611. The molecular formula is C36H53NO4. The summed E-state index contributed by atoms with van der Waals surface area (Å²) in [5, 5.41) is 21.2. The van der Waals surface area contributed by atoms with Crippen molar-refractivity contribution in [2.24, 2.45) is 10.9 Å². The fraction of sp³-hybridized carbons (Fsp3) is 0.556. The van der Waals surface area contributed by atoms with Crippen LogP contribution in [-0.2, 0) is 37.7 Å². The van der Waals surface area contributed by atoms with Crippen LogP contribution in [0.15, 0.2) is 35.8 Å². The topological polar surface area (TPSA) is 87.0 Å². The van der Waals surface area contributed by atoms with Crippen LogP contribution in [0.4, 0.5) is 5.69 Å². The summed E-state index contributed by atoms with van der Waals surface area (Å²) >= 11 is 0. The number of hydrogen-bond donors (Lipinski definition) is 2. The van der Waals surface area contributed by atoms with Gasteiger partial charge in [-0.1, -0.05) is 95.2 Å². The lowest BCUT2D eigenvalue weighted by atomic mass is 9.77. The molecule has 0 amide bonds. The summed E-state index contributed by atoms with van der Waals surface area (Å²) in [7, 11) is 0. The lowest BCUT2D eigenvalue weighted by Crippen LogP contribution is -2.23. The van der Waals surface area contributed by atoms with Crippen LogP contribution < -0.4 is 0 Å². The Labute approximate surface area is 248 Å². The van der Waals surface area contributed by atoms with E-state index in [1.165, 1.54) is 13.8 Å².